The predicted octanol–water partition coefficient (Wildman–Crippen LogP) is 4.47. The maximum atomic E-state index is 10.0. The van der Waals surface area contributed by atoms with Crippen LogP contribution < -0.4 is 5.73 Å². The zero-order chi connectivity index (χ0) is 28.7. The molecule has 6 aromatic rings. The molecule has 0 bridgehead atoms. The fourth-order valence-corrected chi connectivity index (χ4v) is 3.45. The van der Waals surface area contributed by atoms with Crippen molar-refractivity contribution in [2.45, 2.75) is 12.8 Å². The van der Waals surface area contributed by atoms with E-state index in [0.717, 1.165) is 41.9 Å². The van der Waals surface area contributed by atoms with Gasteiger partial charge in [-0.15, -0.1) is 5.10 Å². The van der Waals surface area contributed by atoms with E-state index in [1.807, 2.05) is 78.9 Å². The first-order valence-electron chi connectivity index (χ1n) is 12.6. The van der Waals surface area contributed by atoms with Crippen LogP contribution in [0.1, 0.15) is 27.3 Å². The van der Waals surface area contributed by atoms with Crippen LogP contribution in [0, 0.1) is 11.3 Å². The number of hydrogen-bond donors (Lipinski definition) is 3. The third-order valence-electron chi connectivity index (χ3n) is 5.51. The number of pyridine rings is 2. The van der Waals surface area contributed by atoms with E-state index in [1.54, 1.807) is 24.5 Å². The summed E-state index contributed by atoms with van der Waals surface area (Å²) in [6.45, 7) is 0. The Morgan fingerprint density at radius 3 is 2.00 bits per heavy atom. The minimum Gasteiger partial charge on any atom is -0.366 e. The van der Waals surface area contributed by atoms with E-state index in [1.165, 1.54) is 5.56 Å². The number of H-pyrrole nitrogens is 2. The summed E-state index contributed by atoms with van der Waals surface area (Å²) in [5, 5.41) is 22.3. The molecule has 0 aliphatic heterocycles. The maximum absolute atomic E-state index is 10.0. The number of benzene rings is 2. The topological polar surface area (TPSA) is 176 Å². The lowest BCUT2D eigenvalue weighted by molar-refractivity contribution is 0.112. The summed E-state index contributed by atoms with van der Waals surface area (Å²) in [5.41, 5.74) is 9.41. The summed E-state index contributed by atoms with van der Waals surface area (Å²) in [5.74, 6) is 2.27. The number of aryl methyl sites for hydroxylation is 2. The van der Waals surface area contributed by atoms with Crippen molar-refractivity contribution in [1.29, 1.82) is 5.26 Å². The summed E-state index contributed by atoms with van der Waals surface area (Å²) in [6, 6.07) is 30.0. The number of nitriles is 1. The highest BCUT2D eigenvalue weighted by atomic mass is 16.1. The molecule has 11 heteroatoms. The minimum absolute atomic E-state index is 0.232. The van der Waals surface area contributed by atoms with E-state index in [2.05, 4.69) is 46.4 Å². The van der Waals surface area contributed by atoms with Crippen LogP contribution in [0.25, 0.3) is 23.0 Å². The molecular weight excluding hydrogens is 516 g/mol. The Kier molecular flexibility index (Phi) is 10.1. The number of nitrogens with zero attached hydrogens (tertiary/aromatic N) is 7. The summed E-state index contributed by atoms with van der Waals surface area (Å²) >= 11 is 0. The van der Waals surface area contributed by atoms with Crippen molar-refractivity contribution in [3.8, 4) is 29.1 Å². The molecular formula is C30H26N10O. The van der Waals surface area contributed by atoms with Crippen LogP contribution in [0.15, 0.2) is 103 Å². The Morgan fingerprint density at radius 2 is 1.44 bits per heavy atom. The monoisotopic (exact) mass is 542 g/mol. The molecule has 4 N–H and O–H groups in total. The number of carbonyl (C=O) groups is 1. The number of aromatic nitrogens is 8. The largest absolute Gasteiger partial charge is 0.366 e. The van der Waals surface area contributed by atoms with Gasteiger partial charge in [0.1, 0.15) is 23.5 Å². The van der Waals surface area contributed by atoms with Gasteiger partial charge in [-0.1, -0.05) is 54.6 Å². The van der Waals surface area contributed by atoms with Gasteiger partial charge in [0, 0.05) is 24.4 Å². The molecule has 0 unspecified atom stereocenters. The molecule has 4 aromatic heterocycles. The summed E-state index contributed by atoms with van der Waals surface area (Å²) in [6.07, 6.45) is 5.87. The Labute approximate surface area is 236 Å². The first kappa shape index (κ1) is 28.0. The predicted molar refractivity (Wildman–Crippen MR) is 154 cm³/mol. The Morgan fingerprint density at radius 1 is 0.756 bits per heavy atom. The fraction of sp³-hybridized carbons (Fsp3) is 0.0667. The van der Waals surface area contributed by atoms with Gasteiger partial charge in [0.2, 0.25) is 5.95 Å². The van der Waals surface area contributed by atoms with Crippen LogP contribution in [0.3, 0.4) is 0 Å². The van der Waals surface area contributed by atoms with Crippen LogP contribution in [0.5, 0.6) is 0 Å². The smallest absolute Gasteiger partial charge is 0.239 e. The molecule has 11 nitrogen and oxygen atoms in total. The second kappa shape index (κ2) is 14.8. The van der Waals surface area contributed by atoms with Crippen LogP contribution in [0.4, 0.5) is 5.95 Å². The number of anilines is 1. The lowest BCUT2D eigenvalue weighted by Crippen LogP contribution is -1.94. The fourth-order valence-electron chi connectivity index (χ4n) is 3.45. The Balaban J connectivity index is 0.000000162. The molecule has 0 radical (unpaired) electrons. The number of aldehydes is 1. The molecule has 0 atom stereocenters. The highest BCUT2D eigenvalue weighted by Crippen LogP contribution is 2.12. The molecule has 41 heavy (non-hydrogen) atoms. The van der Waals surface area contributed by atoms with Crippen molar-refractivity contribution >= 4 is 12.2 Å². The van der Waals surface area contributed by atoms with E-state index >= 15 is 0 Å². The number of aromatic amines is 2. The highest BCUT2D eigenvalue weighted by Gasteiger charge is 2.07. The zero-order valence-corrected chi connectivity index (χ0v) is 21.9. The Hall–Kier alpha value is -6.02. The van der Waals surface area contributed by atoms with Crippen molar-refractivity contribution in [1.82, 2.24) is 40.3 Å². The SMILES string of the molecule is N#Cc1ccc(CCc2nc(-c3ccccn3)n[nH]2)cc1.Nc1n[nH]c(-c2ccccn2)n1.O=Cc1ccccc1. The zero-order valence-electron chi connectivity index (χ0n) is 21.9. The molecule has 6 rings (SSSR count). The molecule has 0 fully saturated rings. The molecule has 0 saturated carbocycles. The van der Waals surface area contributed by atoms with Gasteiger partial charge in [-0.25, -0.2) is 4.98 Å². The van der Waals surface area contributed by atoms with Crippen LogP contribution in [-0.2, 0) is 12.8 Å². The van der Waals surface area contributed by atoms with E-state index in [0.29, 0.717) is 17.2 Å². The summed E-state index contributed by atoms with van der Waals surface area (Å²) < 4.78 is 0. The maximum Gasteiger partial charge on any atom is 0.239 e. The van der Waals surface area contributed by atoms with Crippen molar-refractivity contribution < 1.29 is 4.79 Å². The third-order valence-corrected chi connectivity index (χ3v) is 5.51. The van der Waals surface area contributed by atoms with Crippen LogP contribution in [-0.4, -0.2) is 46.6 Å². The van der Waals surface area contributed by atoms with E-state index in [4.69, 9.17) is 11.0 Å². The molecule has 4 heterocycles. The van der Waals surface area contributed by atoms with Gasteiger partial charge in [0.25, 0.3) is 0 Å². The molecule has 0 spiro atoms. The van der Waals surface area contributed by atoms with Gasteiger partial charge in [-0.3, -0.25) is 25.0 Å². The van der Waals surface area contributed by atoms with Gasteiger partial charge in [-0.2, -0.15) is 15.3 Å². The van der Waals surface area contributed by atoms with Gasteiger partial charge in [0.05, 0.1) is 11.6 Å². The van der Waals surface area contributed by atoms with Gasteiger partial charge < -0.3 is 5.73 Å². The number of rotatable bonds is 6. The van der Waals surface area contributed by atoms with E-state index in [-0.39, 0.29) is 5.95 Å². The summed E-state index contributed by atoms with van der Waals surface area (Å²) in [7, 11) is 0. The second-order valence-corrected chi connectivity index (χ2v) is 8.42. The molecule has 0 saturated heterocycles. The first-order chi connectivity index (χ1) is 20.1. The van der Waals surface area contributed by atoms with Gasteiger partial charge in [0.15, 0.2) is 11.6 Å². The molecule has 0 amide bonds. The number of nitrogen functional groups attached to an aromatic ring is 1. The van der Waals surface area contributed by atoms with Crippen molar-refractivity contribution in [2.75, 3.05) is 5.73 Å². The van der Waals surface area contributed by atoms with E-state index < -0.39 is 0 Å². The van der Waals surface area contributed by atoms with Crippen molar-refractivity contribution in [3.05, 3.63) is 126 Å². The number of nitrogens with one attached hydrogen (secondary N) is 2. The quantitative estimate of drug-likeness (QED) is 0.256. The second-order valence-electron chi connectivity index (χ2n) is 8.42. The van der Waals surface area contributed by atoms with Gasteiger partial charge >= 0.3 is 0 Å². The first-order valence-corrected chi connectivity index (χ1v) is 12.6. The van der Waals surface area contributed by atoms with Crippen LogP contribution >= 0.6 is 0 Å². The third kappa shape index (κ3) is 8.76. The van der Waals surface area contributed by atoms with Crippen molar-refractivity contribution in [2.24, 2.45) is 0 Å². The number of hydrogen-bond acceptors (Lipinski definition) is 9. The molecule has 0 aliphatic carbocycles. The standard InChI is InChI=1S/C16H13N5.C7H7N5.C7H6O/c17-11-13-6-4-12(5-7-13)8-9-15-19-16(21-20-15)14-3-1-2-10-18-14;8-7-10-6(11-12-7)5-3-1-2-4-9-5;8-6-7-4-2-1-3-5-7/h1-7,10H,8-9H2,(H,19,20,21);1-4H,(H3,8,10,11,12);1-6H. The average Bonchev–Trinajstić information content (AvgIpc) is 3.71. The van der Waals surface area contributed by atoms with E-state index in [9.17, 15) is 4.79 Å². The lowest BCUT2D eigenvalue weighted by Gasteiger charge is -1.98. The molecule has 0 aliphatic rings. The molecule has 202 valence electrons. The normalized spacial score (nSPS) is 9.83. The minimum atomic E-state index is 0.232. The average molecular weight is 543 g/mol. The molecule has 2 aromatic carbocycles. The van der Waals surface area contributed by atoms with Crippen LogP contribution in [0.2, 0.25) is 0 Å². The number of carbonyl (C=O) groups excluding carboxylic acids is 1. The van der Waals surface area contributed by atoms with Crippen molar-refractivity contribution in [3.63, 3.8) is 0 Å². The Bertz CT molecular complexity index is 1660. The highest BCUT2D eigenvalue weighted by molar-refractivity contribution is 5.74. The van der Waals surface area contributed by atoms with Gasteiger partial charge in [-0.05, 0) is 48.4 Å². The number of nitrogens with two attached hydrogens (primary N) is 1. The lowest BCUT2D eigenvalue weighted by atomic mass is 10.1. The summed E-state index contributed by atoms with van der Waals surface area (Å²) in [4.78, 5) is 26.7.